The van der Waals surface area contributed by atoms with E-state index in [1.165, 1.54) is 24.3 Å². The highest BCUT2D eigenvalue weighted by molar-refractivity contribution is 5.91. The molecule has 0 aromatic heterocycles. The van der Waals surface area contributed by atoms with Crippen molar-refractivity contribution < 1.29 is 23.5 Å². The van der Waals surface area contributed by atoms with E-state index in [-0.39, 0.29) is 19.4 Å². The van der Waals surface area contributed by atoms with Crippen LogP contribution in [0, 0.1) is 5.82 Å². The van der Waals surface area contributed by atoms with Crippen molar-refractivity contribution in [2.24, 2.45) is 5.73 Å². The number of amides is 3. The standard InChI is InChI=1S/C26H26FN3O4/c27-21-13-11-19(12-14-21)15-22(24(28)31)29-25(32)23(16-18-7-3-1-4-8-18)30-26(33)34-17-20-9-5-2-6-10-20/h1-14,22-23H,15-17H2,(H2,28,31)(H,29,32)(H,30,33)/t22-,23+/m0/s1. The molecule has 7 nitrogen and oxygen atoms in total. The highest BCUT2D eigenvalue weighted by Gasteiger charge is 2.26. The molecule has 8 heteroatoms. The molecule has 3 rings (SSSR count). The number of hydrogen-bond donors (Lipinski definition) is 3. The first-order valence-corrected chi connectivity index (χ1v) is 10.8. The molecule has 2 atom stereocenters. The van der Waals surface area contributed by atoms with Gasteiger partial charge >= 0.3 is 6.09 Å². The SMILES string of the molecule is NC(=O)[C@H](Cc1ccc(F)cc1)NC(=O)[C@@H](Cc1ccccc1)NC(=O)OCc1ccccc1. The molecular formula is C26H26FN3O4. The third-order valence-corrected chi connectivity index (χ3v) is 5.12. The number of rotatable bonds is 10. The van der Waals surface area contributed by atoms with Crippen LogP contribution in [0.1, 0.15) is 16.7 Å². The van der Waals surface area contributed by atoms with Crippen molar-refractivity contribution in [2.75, 3.05) is 0 Å². The van der Waals surface area contributed by atoms with Crippen molar-refractivity contribution in [3.05, 3.63) is 107 Å². The van der Waals surface area contributed by atoms with Gasteiger partial charge in [0.2, 0.25) is 11.8 Å². The minimum Gasteiger partial charge on any atom is -0.445 e. The zero-order valence-corrected chi connectivity index (χ0v) is 18.4. The Hall–Kier alpha value is -4.20. The Morgan fingerprint density at radius 3 is 1.85 bits per heavy atom. The second-order valence-corrected chi connectivity index (χ2v) is 7.74. The van der Waals surface area contributed by atoms with Crippen LogP contribution >= 0.6 is 0 Å². The lowest BCUT2D eigenvalue weighted by molar-refractivity contribution is -0.128. The molecule has 3 aromatic rings. The van der Waals surface area contributed by atoms with Crippen LogP contribution < -0.4 is 16.4 Å². The van der Waals surface area contributed by atoms with Crippen LogP contribution in [0.15, 0.2) is 84.9 Å². The van der Waals surface area contributed by atoms with E-state index in [1.807, 2.05) is 60.7 Å². The van der Waals surface area contributed by atoms with Gasteiger partial charge < -0.3 is 21.1 Å². The summed E-state index contributed by atoms with van der Waals surface area (Å²) in [5, 5.41) is 5.18. The number of hydrogen-bond acceptors (Lipinski definition) is 4. The van der Waals surface area contributed by atoms with Crippen molar-refractivity contribution in [2.45, 2.75) is 31.5 Å². The second-order valence-electron chi connectivity index (χ2n) is 7.74. The summed E-state index contributed by atoms with van der Waals surface area (Å²) in [4.78, 5) is 37.5. The van der Waals surface area contributed by atoms with Gasteiger partial charge in [-0.05, 0) is 28.8 Å². The highest BCUT2D eigenvalue weighted by atomic mass is 19.1. The summed E-state index contributed by atoms with van der Waals surface area (Å²) < 4.78 is 18.4. The molecule has 0 fully saturated rings. The summed E-state index contributed by atoms with van der Waals surface area (Å²) in [6.07, 6.45) is -0.512. The highest BCUT2D eigenvalue weighted by Crippen LogP contribution is 2.09. The zero-order chi connectivity index (χ0) is 24.3. The minimum atomic E-state index is -1.04. The average molecular weight is 464 g/mol. The third kappa shape index (κ3) is 7.74. The zero-order valence-electron chi connectivity index (χ0n) is 18.4. The number of ether oxygens (including phenoxy) is 1. The maximum Gasteiger partial charge on any atom is 0.408 e. The lowest BCUT2D eigenvalue weighted by Crippen LogP contribution is -2.54. The molecular weight excluding hydrogens is 437 g/mol. The Kier molecular flexibility index (Phi) is 8.73. The van der Waals surface area contributed by atoms with Crippen LogP contribution in [-0.4, -0.2) is 30.0 Å². The quantitative estimate of drug-likeness (QED) is 0.429. The smallest absolute Gasteiger partial charge is 0.408 e. The molecule has 4 N–H and O–H groups in total. The average Bonchev–Trinajstić information content (AvgIpc) is 2.84. The van der Waals surface area contributed by atoms with Gasteiger partial charge in [-0.3, -0.25) is 9.59 Å². The van der Waals surface area contributed by atoms with Crippen LogP contribution in [-0.2, 0) is 33.8 Å². The summed E-state index contributed by atoms with van der Waals surface area (Å²) in [5.41, 5.74) is 7.72. The number of halogens is 1. The molecule has 34 heavy (non-hydrogen) atoms. The topological polar surface area (TPSA) is 111 Å². The van der Waals surface area contributed by atoms with E-state index < -0.39 is 35.8 Å². The van der Waals surface area contributed by atoms with E-state index >= 15 is 0 Å². The third-order valence-electron chi connectivity index (χ3n) is 5.12. The summed E-state index contributed by atoms with van der Waals surface area (Å²) >= 11 is 0. The van der Waals surface area contributed by atoms with E-state index in [0.717, 1.165) is 11.1 Å². The van der Waals surface area contributed by atoms with Gasteiger partial charge in [-0.25, -0.2) is 9.18 Å². The Morgan fingerprint density at radius 2 is 1.26 bits per heavy atom. The Balaban J connectivity index is 1.68. The van der Waals surface area contributed by atoms with Gasteiger partial charge in [-0.1, -0.05) is 72.8 Å². The lowest BCUT2D eigenvalue weighted by atomic mass is 10.0. The molecule has 0 aliphatic rings. The number of carbonyl (C=O) groups excluding carboxylic acids is 3. The van der Waals surface area contributed by atoms with Gasteiger partial charge in [0, 0.05) is 12.8 Å². The number of carbonyl (C=O) groups is 3. The lowest BCUT2D eigenvalue weighted by Gasteiger charge is -2.22. The fourth-order valence-corrected chi connectivity index (χ4v) is 3.32. The molecule has 0 saturated carbocycles. The van der Waals surface area contributed by atoms with Crippen molar-refractivity contribution >= 4 is 17.9 Å². The van der Waals surface area contributed by atoms with Crippen LogP contribution in [0.3, 0.4) is 0 Å². The number of nitrogens with one attached hydrogen (secondary N) is 2. The summed E-state index contributed by atoms with van der Waals surface area (Å²) in [7, 11) is 0. The fraction of sp³-hybridized carbons (Fsp3) is 0.192. The molecule has 0 bridgehead atoms. The summed E-state index contributed by atoms with van der Waals surface area (Å²) in [6, 6.07) is 21.7. The van der Waals surface area contributed by atoms with Crippen LogP contribution in [0.25, 0.3) is 0 Å². The van der Waals surface area contributed by atoms with Crippen molar-refractivity contribution in [1.29, 1.82) is 0 Å². The Bertz CT molecular complexity index is 1090. The van der Waals surface area contributed by atoms with Gasteiger partial charge in [-0.2, -0.15) is 0 Å². The summed E-state index contributed by atoms with van der Waals surface area (Å²) in [6.45, 7) is 0.0425. The van der Waals surface area contributed by atoms with E-state index in [2.05, 4.69) is 10.6 Å². The van der Waals surface area contributed by atoms with Gasteiger partial charge in [0.05, 0.1) is 0 Å². The molecule has 0 unspecified atom stereocenters. The molecule has 0 aliphatic carbocycles. The maximum absolute atomic E-state index is 13.2. The predicted octanol–water partition coefficient (Wildman–Crippen LogP) is 2.88. The van der Waals surface area contributed by atoms with Crippen LogP contribution in [0.4, 0.5) is 9.18 Å². The molecule has 0 heterocycles. The Morgan fingerprint density at radius 1 is 0.735 bits per heavy atom. The molecule has 0 radical (unpaired) electrons. The molecule has 176 valence electrons. The first-order chi connectivity index (χ1) is 16.4. The minimum absolute atomic E-state index is 0.0425. The van der Waals surface area contributed by atoms with E-state index in [0.29, 0.717) is 5.56 Å². The van der Waals surface area contributed by atoms with E-state index in [4.69, 9.17) is 10.5 Å². The maximum atomic E-state index is 13.2. The van der Waals surface area contributed by atoms with Gasteiger partial charge in [0.25, 0.3) is 0 Å². The normalized spacial score (nSPS) is 12.3. The molecule has 3 amide bonds. The first-order valence-electron chi connectivity index (χ1n) is 10.8. The number of alkyl carbamates (subject to hydrolysis) is 1. The first kappa shape index (κ1) is 24.4. The molecule has 0 saturated heterocycles. The molecule has 3 aromatic carbocycles. The second kappa shape index (κ2) is 12.2. The number of nitrogens with two attached hydrogens (primary N) is 1. The van der Waals surface area contributed by atoms with E-state index in [9.17, 15) is 18.8 Å². The van der Waals surface area contributed by atoms with Crippen molar-refractivity contribution in [3.63, 3.8) is 0 Å². The van der Waals surface area contributed by atoms with Gasteiger partial charge in [0.1, 0.15) is 24.5 Å². The molecule has 0 aliphatic heterocycles. The number of primary amides is 1. The molecule has 0 spiro atoms. The van der Waals surface area contributed by atoms with Gasteiger partial charge in [0.15, 0.2) is 0 Å². The fourth-order valence-electron chi connectivity index (χ4n) is 3.32. The van der Waals surface area contributed by atoms with Crippen molar-refractivity contribution in [1.82, 2.24) is 10.6 Å². The van der Waals surface area contributed by atoms with Crippen molar-refractivity contribution in [3.8, 4) is 0 Å². The predicted molar refractivity (Wildman–Crippen MR) is 125 cm³/mol. The van der Waals surface area contributed by atoms with Gasteiger partial charge in [-0.15, -0.1) is 0 Å². The largest absolute Gasteiger partial charge is 0.445 e. The monoisotopic (exact) mass is 463 g/mol. The number of benzene rings is 3. The van der Waals surface area contributed by atoms with E-state index in [1.54, 1.807) is 0 Å². The van der Waals surface area contributed by atoms with Crippen LogP contribution in [0.5, 0.6) is 0 Å². The summed E-state index contributed by atoms with van der Waals surface area (Å²) in [5.74, 6) is -1.75. The van der Waals surface area contributed by atoms with Crippen LogP contribution in [0.2, 0.25) is 0 Å². The Labute approximate surface area is 197 Å².